The molecule has 2 aliphatic rings. The molecule has 3 rings (SSSR count). The van der Waals surface area contributed by atoms with Crippen molar-refractivity contribution in [1.29, 1.82) is 0 Å². The number of piperazine rings is 1. The maximum absolute atomic E-state index is 14.3. The van der Waals surface area contributed by atoms with Crippen LogP contribution in [0.25, 0.3) is 0 Å². The Labute approximate surface area is 129 Å². The van der Waals surface area contributed by atoms with E-state index in [4.69, 9.17) is 0 Å². The molecule has 2 heterocycles. The highest BCUT2D eigenvalue weighted by Gasteiger charge is 2.37. The molecule has 6 heteroatoms. The number of Topliss-reactive ketones (excluding diaryl/α,β-unsaturated/α-hetero) is 1. The average molecular weight is 309 g/mol. The number of benzene rings is 1. The molecule has 4 nitrogen and oxygen atoms in total. The van der Waals surface area contributed by atoms with Crippen LogP contribution in [-0.2, 0) is 0 Å². The lowest BCUT2D eigenvalue weighted by Gasteiger charge is -2.46. The Kier molecular flexibility index (Phi) is 4.14. The molecule has 0 saturated carbocycles. The first kappa shape index (κ1) is 15.4. The molecule has 0 bridgehead atoms. The number of fused-ring (bicyclic) bond motifs is 1. The van der Waals surface area contributed by atoms with E-state index >= 15 is 0 Å². The molecule has 0 aromatic heterocycles. The first-order valence-corrected chi connectivity index (χ1v) is 7.77. The molecule has 1 saturated heterocycles. The molecule has 2 unspecified atom stereocenters. The highest BCUT2D eigenvalue weighted by atomic mass is 19.1. The Morgan fingerprint density at radius 3 is 2.82 bits per heavy atom. The number of hydrogen-bond acceptors (Lipinski definition) is 4. The Morgan fingerprint density at radius 1 is 1.36 bits per heavy atom. The van der Waals surface area contributed by atoms with Gasteiger partial charge in [-0.25, -0.2) is 8.78 Å². The van der Waals surface area contributed by atoms with Crippen LogP contribution in [-0.4, -0.2) is 49.1 Å². The number of anilines is 1. The molecule has 0 spiro atoms. The summed E-state index contributed by atoms with van der Waals surface area (Å²) in [5, 5.41) is 3.36. The molecule has 1 fully saturated rings. The van der Waals surface area contributed by atoms with Crippen LogP contribution in [0.3, 0.4) is 0 Å². The molecule has 2 atom stereocenters. The van der Waals surface area contributed by atoms with Gasteiger partial charge in [0, 0.05) is 50.3 Å². The van der Waals surface area contributed by atoms with Gasteiger partial charge in [0.2, 0.25) is 0 Å². The standard InChI is InChI=1S/C16H21F2N3O/c1-3-21-15(20-5-4-19-10(2)9-20)8-14(22)12-6-11(17)7-13(18)16(12)21/h6-7,10,15,19H,3-5,8-9H2,1-2H3. The maximum atomic E-state index is 14.3. The minimum atomic E-state index is -0.699. The SMILES string of the molecule is CCN1c2c(F)cc(F)cc2C(=O)CC1N1CCNC(C)C1. The summed E-state index contributed by atoms with van der Waals surface area (Å²) < 4.78 is 27.7. The van der Waals surface area contributed by atoms with Crippen molar-refractivity contribution in [3.05, 3.63) is 29.3 Å². The fourth-order valence-electron chi connectivity index (χ4n) is 3.53. The summed E-state index contributed by atoms with van der Waals surface area (Å²) in [6.07, 6.45) is 0.116. The smallest absolute Gasteiger partial charge is 0.168 e. The number of carbonyl (C=O) groups excluding carboxylic acids is 1. The quantitative estimate of drug-likeness (QED) is 0.906. The van der Waals surface area contributed by atoms with E-state index in [0.717, 1.165) is 31.8 Å². The van der Waals surface area contributed by atoms with Gasteiger partial charge in [-0.1, -0.05) is 0 Å². The number of carbonyl (C=O) groups is 1. The fourth-order valence-corrected chi connectivity index (χ4v) is 3.53. The van der Waals surface area contributed by atoms with Crippen LogP contribution in [0.5, 0.6) is 0 Å². The van der Waals surface area contributed by atoms with Crippen LogP contribution in [0.15, 0.2) is 12.1 Å². The molecule has 1 aromatic carbocycles. The normalized spacial score (nSPS) is 26.2. The zero-order valence-electron chi connectivity index (χ0n) is 12.9. The highest BCUT2D eigenvalue weighted by molar-refractivity contribution is 6.03. The van der Waals surface area contributed by atoms with Gasteiger partial charge in [-0.2, -0.15) is 0 Å². The van der Waals surface area contributed by atoms with Crippen LogP contribution in [0, 0.1) is 11.6 Å². The molecule has 1 aromatic rings. The maximum Gasteiger partial charge on any atom is 0.168 e. The van der Waals surface area contributed by atoms with Crippen molar-refractivity contribution in [3.63, 3.8) is 0 Å². The minimum absolute atomic E-state index is 0.158. The summed E-state index contributed by atoms with van der Waals surface area (Å²) >= 11 is 0. The van der Waals surface area contributed by atoms with Crippen LogP contribution in [0.4, 0.5) is 14.5 Å². The second-order valence-electron chi connectivity index (χ2n) is 6.03. The van der Waals surface area contributed by atoms with Gasteiger partial charge in [-0.05, 0) is 19.9 Å². The first-order valence-electron chi connectivity index (χ1n) is 7.77. The summed E-state index contributed by atoms with van der Waals surface area (Å²) in [5.74, 6) is -1.54. The molecule has 22 heavy (non-hydrogen) atoms. The summed E-state index contributed by atoms with van der Waals surface area (Å²) in [6.45, 7) is 7.08. The lowest BCUT2D eigenvalue weighted by Crippen LogP contribution is -2.59. The largest absolute Gasteiger partial charge is 0.353 e. The van der Waals surface area contributed by atoms with Gasteiger partial charge in [0.15, 0.2) is 5.78 Å². The third kappa shape index (κ3) is 2.61. The summed E-state index contributed by atoms with van der Waals surface area (Å²) in [7, 11) is 0. The van der Waals surface area contributed by atoms with Crippen LogP contribution >= 0.6 is 0 Å². The third-order valence-electron chi connectivity index (χ3n) is 4.51. The van der Waals surface area contributed by atoms with E-state index in [1.165, 1.54) is 0 Å². The monoisotopic (exact) mass is 309 g/mol. The molecular formula is C16H21F2N3O. The summed E-state index contributed by atoms with van der Waals surface area (Å²) in [4.78, 5) is 16.5. The van der Waals surface area contributed by atoms with E-state index in [1.54, 1.807) is 0 Å². The number of nitrogens with zero attached hydrogens (tertiary/aromatic N) is 2. The minimum Gasteiger partial charge on any atom is -0.353 e. The third-order valence-corrected chi connectivity index (χ3v) is 4.51. The fraction of sp³-hybridized carbons (Fsp3) is 0.562. The van der Waals surface area contributed by atoms with Crippen molar-refractivity contribution >= 4 is 11.5 Å². The van der Waals surface area contributed by atoms with Gasteiger partial charge in [-0.15, -0.1) is 0 Å². The number of halogens is 2. The van der Waals surface area contributed by atoms with E-state index in [0.29, 0.717) is 12.6 Å². The Bertz CT molecular complexity index is 593. The predicted molar refractivity (Wildman–Crippen MR) is 81.2 cm³/mol. The number of ketones is 1. The molecule has 1 N–H and O–H groups in total. The highest BCUT2D eigenvalue weighted by Crippen LogP contribution is 2.35. The van der Waals surface area contributed by atoms with Gasteiger partial charge >= 0.3 is 0 Å². The van der Waals surface area contributed by atoms with E-state index in [9.17, 15) is 13.6 Å². The lowest BCUT2D eigenvalue weighted by molar-refractivity contribution is 0.0853. The van der Waals surface area contributed by atoms with Crippen LogP contribution in [0.2, 0.25) is 0 Å². The second-order valence-corrected chi connectivity index (χ2v) is 6.03. The Balaban J connectivity index is 1.99. The van der Waals surface area contributed by atoms with E-state index < -0.39 is 11.6 Å². The van der Waals surface area contributed by atoms with Crippen molar-refractivity contribution in [1.82, 2.24) is 10.2 Å². The van der Waals surface area contributed by atoms with Gasteiger partial charge < -0.3 is 10.2 Å². The molecular weight excluding hydrogens is 288 g/mol. The van der Waals surface area contributed by atoms with Gasteiger partial charge in [0.1, 0.15) is 11.6 Å². The number of nitrogens with one attached hydrogen (secondary N) is 1. The lowest BCUT2D eigenvalue weighted by atomic mass is 9.96. The molecule has 0 amide bonds. The number of rotatable bonds is 2. The predicted octanol–water partition coefficient (Wildman–Crippen LogP) is 2.00. The van der Waals surface area contributed by atoms with Crippen molar-refractivity contribution in [2.75, 3.05) is 31.1 Å². The van der Waals surface area contributed by atoms with Crippen molar-refractivity contribution < 1.29 is 13.6 Å². The van der Waals surface area contributed by atoms with E-state index in [-0.39, 0.29) is 29.6 Å². The molecule has 0 radical (unpaired) electrons. The first-order chi connectivity index (χ1) is 10.5. The Morgan fingerprint density at radius 2 is 2.14 bits per heavy atom. The van der Waals surface area contributed by atoms with Crippen molar-refractivity contribution in [2.45, 2.75) is 32.5 Å². The van der Waals surface area contributed by atoms with Crippen LogP contribution < -0.4 is 10.2 Å². The van der Waals surface area contributed by atoms with Crippen molar-refractivity contribution in [3.8, 4) is 0 Å². The van der Waals surface area contributed by atoms with Crippen LogP contribution in [0.1, 0.15) is 30.6 Å². The zero-order valence-corrected chi connectivity index (χ0v) is 12.9. The number of hydrogen-bond donors (Lipinski definition) is 1. The summed E-state index contributed by atoms with van der Waals surface area (Å²) in [6, 6.07) is 2.35. The van der Waals surface area contributed by atoms with Gasteiger partial charge in [-0.3, -0.25) is 9.69 Å². The second kappa shape index (κ2) is 5.93. The molecule has 120 valence electrons. The van der Waals surface area contributed by atoms with Crippen molar-refractivity contribution in [2.24, 2.45) is 0 Å². The van der Waals surface area contributed by atoms with Gasteiger partial charge in [0.25, 0.3) is 0 Å². The Hall–Kier alpha value is -1.53. The summed E-state index contributed by atoms with van der Waals surface area (Å²) in [5.41, 5.74) is 0.412. The van der Waals surface area contributed by atoms with E-state index in [1.807, 2.05) is 11.8 Å². The zero-order chi connectivity index (χ0) is 15.9. The molecule has 0 aliphatic carbocycles. The molecule has 2 aliphatic heterocycles. The topological polar surface area (TPSA) is 35.6 Å². The van der Waals surface area contributed by atoms with E-state index in [2.05, 4.69) is 17.1 Å². The van der Waals surface area contributed by atoms with Gasteiger partial charge in [0.05, 0.1) is 11.9 Å². The average Bonchev–Trinajstić information content (AvgIpc) is 2.47.